The molecule has 0 fully saturated rings. The predicted octanol–water partition coefficient (Wildman–Crippen LogP) is 23.0. The number of aliphatic hydroxyl groups excluding tert-OH is 1. The van der Waals surface area contributed by atoms with E-state index in [9.17, 15) is 43.2 Å². The Morgan fingerprint density at radius 1 is 0.290 bits per heavy atom. The Kier molecular flexibility index (Phi) is 70.8. The number of aliphatic hydroxyl groups is 1. The minimum absolute atomic E-state index is 0.0942. The van der Waals surface area contributed by atoms with Crippen LogP contribution in [0.2, 0.25) is 0 Å². The van der Waals surface area contributed by atoms with E-state index in [0.717, 1.165) is 167 Å². The number of ether oxygens (including phenoxy) is 4. The summed E-state index contributed by atoms with van der Waals surface area (Å²) in [6, 6.07) is 0. The summed E-state index contributed by atoms with van der Waals surface area (Å²) in [4.78, 5) is 72.9. The molecule has 0 amide bonds. The molecule has 0 spiro atoms. The summed E-state index contributed by atoms with van der Waals surface area (Å²) in [7, 11) is -9.95. The molecule has 0 saturated heterocycles. The Balaban J connectivity index is 5.32. The molecule has 0 aliphatic rings. The largest absolute Gasteiger partial charge is 0.472 e. The molecule has 17 nitrogen and oxygen atoms in total. The topological polar surface area (TPSA) is 237 Å². The standard InChI is InChI=1S/C81H144O17P2/c1-5-9-13-17-21-25-29-32-35-37-40-42-46-49-53-57-61-65-78(83)91-71-76(97-80(85)67-63-59-55-51-45-28-24-20-16-12-8-4)73-95-99(87,88)93-69-75(82)70-94-100(89,90)96-74-77(98-81(86)68-64-60-56-52-48-44-39-34-31-27-23-19-15-11-7-3)72-92-79(84)66-62-58-54-50-47-43-41-38-36-33-30-26-22-18-14-10-6-2/h9-10,13-14,21-22,25-26,32-33,35-36,41,43,75-77,82H,5-8,11-12,15-20,23-24,27-31,34,37-40,42,44-74H2,1-4H3,(H,87,88)(H,89,90)/b13-9-,14-10-,25-21-,26-22-,35-32-,36-33-,43-41-. The fraction of sp³-hybridized carbons (Fsp3) is 0.778. The van der Waals surface area contributed by atoms with Gasteiger partial charge in [-0.05, 0) is 96.3 Å². The molecule has 0 bridgehead atoms. The number of carbonyl (C=O) groups excluding carboxylic acids is 4. The third kappa shape index (κ3) is 72.6. The lowest BCUT2D eigenvalue weighted by molar-refractivity contribution is -0.161. The van der Waals surface area contributed by atoms with E-state index in [2.05, 4.69) is 113 Å². The maximum Gasteiger partial charge on any atom is 0.472 e. The predicted molar refractivity (Wildman–Crippen MR) is 409 cm³/mol. The third-order valence-electron chi connectivity index (χ3n) is 16.9. The van der Waals surface area contributed by atoms with E-state index in [1.54, 1.807) is 0 Å². The molecule has 0 aliphatic heterocycles. The fourth-order valence-electron chi connectivity index (χ4n) is 10.9. The highest BCUT2D eigenvalue weighted by atomic mass is 31.2. The van der Waals surface area contributed by atoms with Crippen molar-refractivity contribution in [1.82, 2.24) is 0 Å². The van der Waals surface area contributed by atoms with Gasteiger partial charge in [-0.2, -0.15) is 0 Å². The number of phosphoric acid groups is 2. The fourth-order valence-corrected chi connectivity index (χ4v) is 12.5. The zero-order valence-electron chi connectivity index (χ0n) is 63.4. The smallest absolute Gasteiger partial charge is 0.462 e. The average Bonchev–Trinajstić information content (AvgIpc) is 1.02. The number of phosphoric ester groups is 2. The average molecular weight is 1450 g/mol. The molecular formula is C81H144O17P2. The van der Waals surface area contributed by atoms with Crippen LogP contribution in [0.3, 0.4) is 0 Å². The van der Waals surface area contributed by atoms with Crippen molar-refractivity contribution in [3.63, 3.8) is 0 Å². The third-order valence-corrected chi connectivity index (χ3v) is 18.8. The van der Waals surface area contributed by atoms with E-state index in [1.807, 2.05) is 0 Å². The Morgan fingerprint density at radius 2 is 0.520 bits per heavy atom. The minimum atomic E-state index is -4.98. The van der Waals surface area contributed by atoms with Gasteiger partial charge in [0, 0.05) is 25.7 Å². The van der Waals surface area contributed by atoms with Gasteiger partial charge in [0.25, 0.3) is 0 Å². The molecule has 0 radical (unpaired) electrons. The summed E-state index contributed by atoms with van der Waals surface area (Å²) in [5.41, 5.74) is 0. The first-order valence-electron chi connectivity index (χ1n) is 39.8. The number of hydrogen-bond acceptors (Lipinski definition) is 15. The van der Waals surface area contributed by atoms with Gasteiger partial charge in [-0.15, -0.1) is 0 Å². The van der Waals surface area contributed by atoms with Crippen LogP contribution < -0.4 is 0 Å². The number of rotatable bonds is 75. The second-order valence-corrected chi connectivity index (χ2v) is 29.5. The van der Waals surface area contributed by atoms with E-state index >= 15 is 0 Å². The summed E-state index contributed by atoms with van der Waals surface area (Å²) in [5, 5.41) is 10.6. The molecule has 0 aromatic heterocycles. The van der Waals surface area contributed by atoms with E-state index in [-0.39, 0.29) is 25.7 Å². The van der Waals surface area contributed by atoms with Gasteiger partial charge in [0.15, 0.2) is 12.2 Å². The van der Waals surface area contributed by atoms with Crippen LogP contribution in [0.15, 0.2) is 85.1 Å². The number of esters is 4. The summed E-state index contributed by atoms with van der Waals surface area (Å²) in [5.74, 6) is -2.18. The molecule has 0 rings (SSSR count). The highest BCUT2D eigenvalue weighted by Crippen LogP contribution is 2.45. The number of unbranched alkanes of at least 4 members (excludes halogenated alkanes) is 35. The van der Waals surface area contributed by atoms with Gasteiger partial charge >= 0.3 is 39.5 Å². The van der Waals surface area contributed by atoms with Crippen molar-refractivity contribution in [2.24, 2.45) is 0 Å². The molecular weight excluding hydrogens is 1310 g/mol. The van der Waals surface area contributed by atoms with Gasteiger partial charge in [-0.3, -0.25) is 37.3 Å². The molecule has 0 saturated carbocycles. The van der Waals surface area contributed by atoms with Gasteiger partial charge in [-0.25, -0.2) is 9.13 Å². The summed E-state index contributed by atoms with van der Waals surface area (Å²) < 4.78 is 68.6. The van der Waals surface area contributed by atoms with Gasteiger partial charge in [0.05, 0.1) is 26.4 Å². The SMILES string of the molecule is CC/C=C\C/C=C\C/C=C\C/C=C\CCCCCCC(=O)OCC(COP(=O)(O)OCC(O)COP(=O)(O)OCC(COC(=O)CCCCCCCCC/C=C\C/C=C\C/C=C\CC)OC(=O)CCCCCCCCCCCCC)OC(=O)CCCCCCCCCCCCCCCCC. The van der Waals surface area contributed by atoms with Crippen molar-refractivity contribution in [2.45, 2.75) is 367 Å². The van der Waals surface area contributed by atoms with Crippen LogP contribution in [0.5, 0.6) is 0 Å². The van der Waals surface area contributed by atoms with E-state index in [0.29, 0.717) is 25.7 Å². The Bertz CT molecular complexity index is 2230. The lowest BCUT2D eigenvalue weighted by Gasteiger charge is -2.21. The van der Waals surface area contributed by atoms with Crippen LogP contribution in [0.25, 0.3) is 0 Å². The molecule has 5 unspecified atom stereocenters. The number of hydrogen-bond donors (Lipinski definition) is 3. The molecule has 580 valence electrons. The minimum Gasteiger partial charge on any atom is -0.462 e. The van der Waals surface area contributed by atoms with E-state index in [1.165, 1.54) is 103 Å². The van der Waals surface area contributed by atoms with Crippen molar-refractivity contribution in [3.05, 3.63) is 85.1 Å². The van der Waals surface area contributed by atoms with Gasteiger partial charge < -0.3 is 33.8 Å². The second-order valence-electron chi connectivity index (χ2n) is 26.6. The quantitative estimate of drug-likeness (QED) is 0.0169. The van der Waals surface area contributed by atoms with Crippen molar-refractivity contribution < 1.29 is 80.2 Å². The molecule has 3 N–H and O–H groups in total. The Morgan fingerprint density at radius 3 is 0.800 bits per heavy atom. The Labute approximate surface area is 608 Å². The van der Waals surface area contributed by atoms with Crippen LogP contribution in [0, 0.1) is 0 Å². The number of allylic oxidation sites excluding steroid dienone is 14. The highest BCUT2D eigenvalue weighted by molar-refractivity contribution is 7.47. The molecule has 0 aromatic rings. The highest BCUT2D eigenvalue weighted by Gasteiger charge is 2.30. The first kappa shape index (κ1) is 96.2. The van der Waals surface area contributed by atoms with Crippen LogP contribution in [-0.2, 0) is 65.4 Å². The van der Waals surface area contributed by atoms with Crippen molar-refractivity contribution >= 4 is 39.5 Å². The van der Waals surface area contributed by atoms with Gasteiger partial charge in [0.2, 0.25) is 0 Å². The lowest BCUT2D eigenvalue weighted by atomic mass is 10.0. The maximum absolute atomic E-state index is 13.1. The zero-order chi connectivity index (χ0) is 73.2. The molecule has 0 aromatic carbocycles. The van der Waals surface area contributed by atoms with E-state index in [4.69, 9.17) is 37.0 Å². The molecule has 19 heteroatoms. The van der Waals surface area contributed by atoms with Crippen LogP contribution in [0.1, 0.15) is 349 Å². The zero-order valence-corrected chi connectivity index (χ0v) is 65.2. The van der Waals surface area contributed by atoms with Crippen LogP contribution in [-0.4, -0.2) is 96.7 Å². The monoisotopic (exact) mass is 1450 g/mol. The lowest BCUT2D eigenvalue weighted by Crippen LogP contribution is -2.30. The summed E-state index contributed by atoms with van der Waals surface area (Å²) in [6.07, 6.45) is 75.6. The first-order valence-corrected chi connectivity index (χ1v) is 42.8. The van der Waals surface area contributed by atoms with Crippen molar-refractivity contribution in [2.75, 3.05) is 39.6 Å². The normalized spacial score (nSPS) is 14.3. The molecule has 0 heterocycles. The van der Waals surface area contributed by atoms with Gasteiger partial charge in [0.1, 0.15) is 19.3 Å². The molecule has 100 heavy (non-hydrogen) atoms. The second kappa shape index (κ2) is 73.5. The summed E-state index contributed by atoms with van der Waals surface area (Å²) in [6.45, 7) is 4.66. The van der Waals surface area contributed by atoms with Crippen LogP contribution >= 0.6 is 15.6 Å². The number of carbonyl (C=O) groups is 4. The van der Waals surface area contributed by atoms with Gasteiger partial charge in [-0.1, -0.05) is 312 Å². The molecule has 0 aliphatic carbocycles. The Hall–Kier alpha value is -3.76. The van der Waals surface area contributed by atoms with E-state index < -0.39 is 97.5 Å². The first-order chi connectivity index (χ1) is 48.7. The van der Waals surface area contributed by atoms with Crippen LogP contribution in [0.4, 0.5) is 0 Å². The van der Waals surface area contributed by atoms with Crippen molar-refractivity contribution in [1.29, 1.82) is 0 Å². The van der Waals surface area contributed by atoms with Crippen molar-refractivity contribution in [3.8, 4) is 0 Å². The summed E-state index contributed by atoms with van der Waals surface area (Å²) >= 11 is 0. The maximum atomic E-state index is 13.1. The molecule has 5 atom stereocenters.